The molecule has 0 radical (unpaired) electrons. The van der Waals surface area contributed by atoms with Crippen LogP contribution in [0.3, 0.4) is 0 Å². The van der Waals surface area contributed by atoms with Crippen LogP contribution in [0.1, 0.15) is 51.4 Å². The summed E-state index contributed by atoms with van der Waals surface area (Å²) in [6.07, 6.45) is -2.89. The van der Waals surface area contributed by atoms with Gasteiger partial charge in [0.05, 0.1) is 22.6 Å². The molecule has 9 nitrogen and oxygen atoms in total. The van der Waals surface area contributed by atoms with Crippen molar-refractivity contribution in [2.45, 2.75) is 38.8 Å². The Morgan fingerprint density at radius 3 is 2.54 bits per heavy atom. The van der Waals surface area contributed by atoms with Crippen molar-refractivity contribution in [3.05, 3.63) is 92.4 Å². The molecule has 3 aromatic rings. The minimum atomic E-state index is -4.55. The SMILES string of the molecule is Cc1c(C(=O)Nc2cccc(C(F)(F)F)c2)oc2c1/C(=N/NC(=O)Cc1ccc([N+](=O)[O-])cc1)CCC2. The van der Waals surface area contributed by atoms with E-state index in [-0.39, 0.29) is 23.6 Å². The number of nitro groups is 1. The van der Waals surface area contributed by atoms with Crippen LogP contribution in [0, 0.1) is 17.0 Å². The van der Waals surface area contributed by atoms with Crippen molar-refractivity contribution in [1.82, 2.24) is 5.43 Å². The topological polar surface area (TPSA) is 127 Å². The lowest BCUT2D eigenvalue weighted by molar-refractivity contribution is -0.384. The summed E-state index contributed by atoms with van der Waals surface area (Å²) < 4.78 is 44.7. The van der Waals surface area contributed by atoms with Gasteiger partial charge >= 0.3 is 6.18 Å². The van der Waals surface area contributed by atoms with E-state index in [0.717, 1.165) is 12.1 Å². The third kappa shape index (κ3) is 5.85. The molecule has 37 heavy (non-hydrogen) atoms. The fraction of sp³-hybridized carbons (Fsp3) is 0.240. The molecule has 0 atom stereocenters. The minimum Gasteiger partial charge on any atom is -0.455 e. The molecule has 1 aliphatic carbocycles. The number of nitrogens with zero attached hydrogens (tertiary/aromatic N) is 2. The first kappa shape index (κ1) is 25.6. The van der Waals surface area contributed by atoms with Gasteiger partial charge in [0.1, 0.15) is 5.76 Å². The number of hydrogen-bond acceptors (Lipinski definition) is 6. The molecule has 0 fully saturated rings. The highest BCUT2D eigenvalue weighted by Gasteiger charge is 2.31. The number of halogens is 3. The first-order chi connectivity index (χ1) is 17.5. The number of furan rings is 1. The molecular formula is C25H21F3N4O5. The van der Waals surface area contributed by atoms with Crippen molar-refractivity contribution >= 4 is 28.9 Å². The molecule has 0 aliphatic heterocycles. The smallest absolute Gasteiger partial charge is 0.416 e. The van der Waals surface area contributed by atoms with Crippen LogP contribution in [0.4, 0.5) is 24.5 Å². The summed E-state index contributed by atoms with van der Waals surface area (Å²) in [5, 5.41) is 17.4. The molecule has 4 rings (SSSR count). The molecule has 0 bridgehead atoms. The monoisotopic (exact) mass is 514 g/mol. The Kier molecular flexibility index (Phi) is 7.09. The number of hydrazone groups is 1. The highest BCUT2D eigenvalue weighted by Crippen LogP contribution is 2.32. The maximum Gasteiger partial charge on any atom is 0.416 e. The molecule has 0 unspecified atom stereocenters. The quantitative estimate of drug-likeness (QED) is 0.347. The molecule has 12 heteroatoms. The van der Waals surface area contributed by atoms with Crippen LogP contribution >= 0.6 is 0 Å². The van der Waals surface area contributed by atoms with Crippen molar-refractivity contribution in [1.29, 1.82) is 0 Å². The van der Waals surface area contributed by atoms with Crippen molar-refractivity contribution in [2.75, 3.05) is 5.32 Å². The van der Waals surface area contributed by atoms with E-state index in [9.17, 15) is 32.9 Å². The molecule has 0 saturated carbocycles. The number of carbonyl (C=O) groups excluding carboxylic acids is 2. The van der Waals surface area contributed by atoms with Crippen molar-refractivity contribution in [3.8, 4) is 0 Å². The van der Waals surface area contributed by atoms with Crippen molar-refractivity contribution in [2.24, 2.45) is 5.10 Å². The number of aryl methyl sites for hydroxylation is 1. The summed E-state index contributed by atoms with van der Waals surface area (Å²) in [6.45, 7) is 1.64. The van der Waals surface area contributed by atoms with E-state index < -0.39 is 28.5 Å². The van der Waals surface area contributed by atoms with Gasteiger partial charge in [-0.3, -0.25) is 19.7 Å². The number of fused-ring (bicyclic) bond motifs is 1. The van der Waals surface area contributed by atoms with Gasteiger partial charge in [0.25, 0.3) is 11.6 Å². The van der Waals surface area contributed by atoms with Gasteiger partial charge in [0.2, 0.25) is 5.91 Å². The first-order valence-electron chi connectivity index (χ1n) is 11.2. The third-order valence-corrected chi connectivity index (χ3v) is 5.81. The van der Waals surface area contributed by atoms with Crippen LogP contribution in [-0.2, 0) is 23.8 Å². The van der Waals surface area contributed by atoms with Crippen LogP contribution in [0.25, 0.3) is 0 Å². The number of rotatable bonds is 6. The summed E-state index contributed by atoms with van der Waals surface area (Å²) in [4.78, 5) is 35.4. The van der Waals surface area contributed by atoms with Crippen LogP contribution in [0.15, 0.2) is 58.0 Å². The Morgan fingerprint density at radius 2 is 1.86 bits per heavy atom. The van der Waals surface area contributed by atoms with E-state index in [1.807, 2.05) is 0 Å². The zero-order chi connectivity index (χ0) is 26.7. The second-order valence-corrected chi connectivity index (χ2v) is 8.43. The standard InChI is InChI=1S/C25H21F3N4O5/c1-14-22-19(30-31-21(33)12-15-8-10-18(11-9-15)32(35)36)6-3-7-20(22)37-23(14)24(34)29-17-5-2-4-16(13-17)25(26,27)28/h2,4-5,8-11,13H,3,6-7,12H2,1H3,(H,29,34)(H,31,33)/b30-19+. The van der Waals surface area contributed by atoms with Gasteiger partial charge in [0.15, 0.2) is 5.76 Å². The number of carbonyl (C=O) groups is 2. The molecule has 2 N–H and O–H groups in total. The summed E-state index contributed by atoms with van der Waals surface area (Å²) in [7, 11) is 0. The van der Waals surface area contributed by atoms with Gasteiger partial charge < -0.3 is 9.73 Å². The number of amides is 2. The van der Waals surface area contributed by atoms with Gasteiger partial charge in [-0.15, -0.1) is 0 Å². The number of anilines is 1. The largest absolute Gasteiger partial charge is 0.455 e. The zero-order valence-electron chi connectivity index (χ0n) is 19.5. The zero-order valence-corrected chi connectivity index (χ0v) is 19.5. The number of nitrogens with one attached hydrogen (secondary N) is 2. The Balaban J connectivity index is 1.48. The molecule has 1 heterocycles. The number of nitro benzene ring substituents is 1. The van der Waals surface area contributed by atoms with Crippen molar-refractivity contribution < 1.29 is 32.1 Å². The van der Waals surface area contributed by atoms with Gasteiger partial charge in [-0.1, -0.05) is 18.2 Å². The van der Waals surface area contributed by atoms with E-state index >= 15 is 0 Å². The van der Waals surface area contributed by atoms with E-state index in [0.29, 0.717) is 47.4 Å². The molecule has 1 aliphatic rings. The van der Waals surface area contributed by atoms with Gasteiger partial charge in [-0.25, -0.2) is 5.43 Å². The second-order valence-electron chi connectivity index (χ2n) is 8.43. The van der Waals surface area contributed by atoms with Crippen molar-refractivity contribution in [3.63, 3.8) is 0 Å². The summed E-state index contributed by atoms with van der Waals surface area (Å²) in [5.74, 6) is -0.680. The van der Waals surface area contributed by atoms with Gasteiger partial charge in [-0.2, -0.15) is 18.3 Å². The van der Waals surface area contributed by atoms with Gasteiger partial charge in [0, 0.05) is 35.4 Å². The lowest BCUT2D eigenvalue weighted by atomic mass is 9.93. The molecule has 1 aromatic heterocycles. The summed E-state index contributed by atoms with van der Waals surface area (Å²) in [6, 6.07) is 9.87. The fourth-order valence-electron chi connectivity index (χ4n) is 4.05. The lowest BCUT2D eigenvalue weighted by Crippen LogP contribution is -2.23. The predicted molar refractivity (Wildman–Crippen MR) is 127 cm³/mol. The third-order valence-electron chi connectivity index (χ3n) is 5.81. The molecular weight excluding hydrogens is 493 g/mol. The minimum absolute atomic E-state index is 0.0269. The Morgan fingerprint density at radius 1 is 1.14 bits per heavy atom. The first-order valence-corrected chi connectivity index (χ1v) is 11.2. The fourth-order valence-corrected chi connectivity index (χ4v) is 4.05. The summed E-state index contributed by atoms with van der Waals surface area (Å²) >= 11 is 0. The maximum absolute atomic E-state index is 13.0. The van der Waals surface area contributed by atoms with Gasteiger partial charge in [-0.05, 0) is 43.5 Å². The lowest BCUT2D eigenvalue weighted by Gasteiger charge is -2.13. The molecule has 192 valence electrons. The number of alkyl halides is 3. The highest BCUT2D eigenvalue weighted by molar-refractivity contribution is 6.09. The highest BCUT2D eigenvalue weighted by atomic mass is 19.4. The number of hydrogen-bond donors (Lipinski definition) is 2. The molecule has 0 spiro atoms. The molecule has 2 aromatic carbocycles. The summed E-state index contributed by atoms with van der Waals surface area (Å²) in [5.41, 5.74) is 3.60. The maximum atomic E-state index is 13.0. The normalized spacial score (nSPS) is 14.2. The Labute approximate surface area is 208 Å². The number of non-ortho nitro benzene ring substituents is 1. The van der Waals surface area contributed by atoms with E-state index in [1.165, 1.54) is 36.4 Å². The second kappa shape index (κ2) is 10.2. The Hall–Kier alpha value is -4.48. The average Bonchev–Trinajstić information content (AvgIpc) is 3.20. The van der Waals surface area contributed by atoms with E-state index in [4.69, 9.17) is 4.42 Å². The molecule has 0 saturated heterocycles. The van der Waals surface area contributed by atoms with Crippen LogP contribution < -0.4 is 10.7 Å². The molecule has 2 amide bonds. The predicted octanol–water partition coefficient (Wildman–Crippen LogP) is 5.17. The Bertz CT molecular complexity index is 1390. The van der Waals surface area contributed by atoms with Crippen LogP contribution in [0.5, 0.6) is 0 Å². The average molecular weight is 514 g/mol. The van der Waals surface area contributed by atoms with Crippen LogP contribution in [0.2, 0.25) is 0 Å². The van der Waals surface area contributed by atoms with E-state index in [2.05, 4.69) is 15.8 Å². The van der Waals surface area contributed by atoms with Crippen LogP contribution in [-0.4, -0.2) is 22.4 Å². The number of benzene rings is 2. The van der Waals surface area contributed by atoms with E-state index in [1.54, 1.807) is 6.92 Å².